The van der Waals surface area contributed by atoms with Crippen molar-refractivity contribution >= 4 is 0 Å². The number of fused-ring (bicyclic) bond motifs is 1. The Hall–Kier alpha value is -0.950. The van der Waals surface area contributed by atoms with Gasteiger partial charge in [-0.15, -0.1) is 0 Å². The fourth-order valence-corrected chi connectivity index (χ4v) is 3.27. The largest absolute Gasteiger partial charge is 0.385 e. The molecule has 6 heteroatoms. The first-order chi connectivity index (χ1) is 10.2. The zero-order valence-electron chi connectivity index (χ0n) is 12.7. The van der Waals surface area contributed by atoms with Crippen LogP contribution in [0.1, 0.15) is 29.9 Å². The van der Waals surface area contributed by atoms with Crippen molar-refractivity contribution in [2.24, 2.45) is 0 Å². The molecule has 1 saturated heterocycles. The van der Waals surface area contributed by atoms with Crippen LogP contribution in [0.25, 0.3) is 0 Å². The van der Waals surface area contributed by atoms with Crippen LogP contribution >= 0.6 is 0 Å². The summed E-state index contributed by atoms with van der Waals surface area (Å²) >= 11 is 0. The van der Waals surface area contributed by atoms with Gasteiger partial charge in [0.2, 0.25) is 0 Å². The normalized spacial score (nSPS) is 26.6. The number of β-amino-alcohol motifs (C(OH)–C–C–N with tert-alkyl or cyclic N) is 1. The first kappa shape index (κ1) is 15.0. The van der Waals surface area contributed by atoms with E-state index in [1.807, 2.05) is 7.05 Å². The highest BCUT2D eigenvalue weighted by molar-refractivity contribution is 5.25. The molecule has 118 valence electrons. The molecule has 0 radical (unpaired) electrons. The molecule has 1 aliphatic heterocycles. The topological polar surface area (TPSA) is 70.8 Å². The lowest BCUT2D eigenvalue weighted by molar-refractivity contribution is -0.0464. The number of hydrogen-bond acceptors (Lipinski definition) is 6. The van der Waals surface area contributed by atoms with E-state index in [0.29, 0.717) is 32.8 Å². The summed E-state index contributed by atoms with van der Waals surface area (Å²) in [7, 11) is 2.01. The lowest BCUT2D eigenvalue weighted by atomic mass is 9.96. The van der Waals surface area contributed by atoms with Gasteiger partial charge in [-0.25, -0.2) is 0 Å². The third-order valence-corrected chi connectivity index (χ3v) is 4.26. The zero-order chi connectivity index (χ0) is 14.7. The van der Waals surface area contributed by atoms with Crippen LogP contribution < -0.4 is 5.32 Å². The van der Waals surface area contributed by atoms with Crippen LogP contribution in [-0.2, 0) is 24.1 Å². The third-order valence-electron chi connectivity index (χ3n) is 4.26. The number of hydrogen-bond donors (Lipinski definition) is 2. The fraction of sp³-hybridized carbons (Fsp3) is 0.800. The Morgan fingerprint density at radius 1 is 1.38 bits per heavy atom. The van der Waals surface area contributed by atoms with Gasteiger partial charge in [-0.2, -0.15) is 0 Å². The molecule has 6 nitrogen and oxygen atoms in total. The SMILES string of the molecule is CN(Cc1noc2c1CCCC2)C[C@]1(O)CNCCOC1. The van der Waals surface area contributed by atoms with Crippen LogP contribution in [0.2, 0.25) is 0 Å². The maximum Gasteiger partial charge on any atom is 0.140 e. The van der Waals surface area contributed by atoms with Crippen LogP contribution in [0.4, 0.5) is 0 Å². The number of ether oxygens (including phenoxy) is 1. The van der Waals surface area contributed by atoms with Crippen molar-refractivity contribution in [3.8, 4) is 0 Å². The second-order valence-electron chi connectivity index (χ2n) is 6.36. The quantitative estimate of drug-likeness (QED) is 0.834. The molecule has 1 aromatic heterocycles. The van der Waals surface area contributed by atoms with Gasteiger partial charge in [0, 0.05) is 38.2 Å². The summed E-state index contributed by atoms with van der Waals surface area (Å²) in [5.74, 6) is 1.06. The predicted molar refractivity (Wildman–Crippen MR) is 78.1 cm³/mol. The Morgan fingerprint density at radius 2 is 2.24 bits per heavy atom. The summed E-state index contributed by atoms with van der Waals surface area (Å²) < 4.78 is 10.9. The fourth-order valence-electron chi connectivity index (χ4n) is 3.27. The highest BCUT2D eigenvalue weighted by Crippen LogP contribution is 2.25. The molecule has 0 bridgehead atoms. The van der Waals surface area contributed by atoms with Gasteiger partial charge >= 0.3 is 0 Å². The maximum absolute atomic E-state index is 10.6. The Bertz CT molecular complexity index is 467. The van der Waals surface area contributed by atoms with Gasteiger partial charge in [0.05, 0.1) is 13.2 Å². The van der Waals surface area contributed by atoms with E-state index in [9.17, 15) is 5.11 Å². The zero-order valence-corrected chi connectivity index (χ0v) is 12.7. The summed E-state index contributed by atoms with van der Waals surface area (Å²) in [6.45, 7) is 3.66. The van der Waals surface area contributed by atoms with Crippen molar-refractivity contribution in [3.05, 3.63) is 17.0 Å². The average Bonchev–Trinajstić information content (AvgIpc) is 2.73. The van der Waals surface area contributed by atoms with Crippen LogP contribution in [-0.4, -0.2) is 60.7 Å². The van der Waals surface area contributed by atoms with E-state index in [1.54, 1.807) is 0 Å². The van der Waals surface area contributed by atoms with E-state index >= 15 is 0 Å². The van der Waals surface area contributed by atoms with Gasteiger partial charge < -0.3 is 19.7 Å². The minimum absolute atomic E-state index is 0.376. The van der Waals surface area contributed by atoms with Crippen molar-refractivity contribution in [2.75, 3.05) is 39.9 Å². The number of aryl methyl sites for hydroxylation is 1. The van der Waals surface area contributed by atoms with Crippen molar-refractivity contribution < 1.29 is 14.4 Å². The molecule has 0 amide bonds. The summed E-state index contributed by atoms with van der Waals surface area (Å²) in [6, 6.07) is 0. The smallest absolute Gasteiger partial charge is 0.140 e. The number of nitrogens with zero attached hydrogens (tertiary/aromatic N) is 2. The summed E-state index contributed by atoms with van der Waals surface area (Å²) in [4.78, 5) is 2.10. The molecule has 0 saturated carbocycles. The van der Waals surface area contributed by atoms with Crippen molar-refractivity contribution in [1.29, 1.82) is 0 Å². The molecular weight excluding hydrogens is 270 g/mol. The third kappa shape index (κ3) is 3.63. The molecule has 0 aromatic carbocycles. The lowest BCUT2D eigenvalue weighted by Gasteiger charge is -2.30. The number of aromatic nitrogens is 1. The average molecular weight is 295 g/mol. The van der Waals surface area contributed by atoms with Crippen molar-refractivity contribution in [2.45, 2.75) is 37.8 Å². The van der Waals surface area contributed by atoms with E-state index in [-0.39, 0.29) is 0 Å². The number of rotatable bonds is 4. The summed E-state index contributed by atoms with van der Waals surface area (Å²) in [5, 5.41) is 18.1. The molecule has 21 heavy (non-hydrogen) atoms. The number of likely N-dealkylation sites (N-methyl/N-ethyl adjacent to an activating group) is 1. The predicted octanol–water partition coefficient (Wildman–Crippen LogP) is 0.336. The second-order valence-corrected chi connectivity index (χ2v) is 6.36. The molecular formula is C15H25N3O3. The van der Waals surface area contributed by atoms with E-state index in [0.717, 1.165) is 30.8 Å². The van der Waals surface area contributed by atoms with Crippen molar-refractivity contribution in [1.82, 2.24) is 15.4 Å². The van der Waals surface area contributed by atoms with Gasteiger partial charge in [0.1, 0.15) is 17.1 Å². The Kier molecular flexibility index (Phi) is 4.59. The van der Waals surface area contributed by atoms with Crippen LogP contribution in [0.15, 0.2) is 4.52 Å². The molecule has 2 N–H and O–H groups in total. The molecule has 1 aromatic rings. The highest BCUT2D eigenvalue weighted by atomic mass is 16.5. The summed E-state index contributed by atoms with van der Waals surface area (Å²) in [6.07, 6.45) is 4.48. The van der Waals surface area contributed by atoms with Crippen molar-refractivity contribution in [3.63, 3.8) is 0 Å². The molecule has 0 spiro atoms. The van der Waals surface area contributed by atoms with Crippen LogP contribution in [0.3, 0.4) is 0 Å². The van der Waals surface area contributed by atoms with Gasteiger partial charge in [-0.1, -0.05) is 5.16 Å². The van der Waals surface area contributed by atoms with Gasteiger partial charge in [-0.05, 0) is 26.3 Å². The number of aliphatic hydroxyl groups is 1. The first-order valence-electron chi connectivity index (χ1n) is 7.82. The first-order valence-corrected chi connectivity index (χ1v) is 7.82. The Morgan fingerprint density at radius 3 is 3.14 bits per heavy atom. The van der Waals surface area contributed by atoms with E-state index in [2.05, 4.69) is 15.4 Å². The molecule has 1 atom stereocenters. The maximum atomic E-state index is 10.6. The van der Waals surface area contributed by atoms with Crippen LogP contribution in [0.5, 0.6) is 0 Å². The minimum atomic E-state index is -0.838. The Labute approximate surface area is 125 Å². The standard InChI is InChI=1S/C15H25N3O3/c1-18(10-15(19)9-16-6-7-20-11-15)8-13-12-4-2-3-5-14(12)21-17-13/h16,19H,2-11H2,1H3/t15-/m1/s1. The van der Waals surface area contributed by atoms with E-state index in [4.69, 9.17) is 9.26 Å². The minimum Gasteiger partial charge on any atom is -0.385 e. The Balaban J connectivity index is 1.61. The lowest BCUT2D eigenvalue weighted by Crippen LogP contribution is -2.50. The second kappa shape index (κ2) is 6.44. The van der Waals surface area contributed by atoms with Crippen LogP contribution in [0, 0.1) is 0 Å². The molecule has 1 fully saturated rings. The molecule has 2 heterocycles. The molecule has 1 aliphatic carbocycles. The van der Waals surface area contributed by atoms with Gasteiger partial charge in [0.15, 0.2) is 0 Å². The molecule has 3 rings (SSSR count). The number of nitrogens with one attached hydrogen (secondary N) is 1. The molecule has 0 unspecified atom stereocenters. The van der Waals surface area contributed by atoms with E-state index in [1.165, 1.54) is 18.4 Å². The highest BCUT2D eigenvalue weighted by Gasteiger charge is 2.31. The monoisotopic (exact) mass is 295 g/mol. The molecule has 2 aliphatic rings. The van der Waals surface area contributed by atoms with E-state index < -0.39 is 5.60 Å². The van der Waals surface area contributed by atoms with Gasteiger partial charge in [0.25, 0.3) is 0 Å². The van der Waals surface area contributed by atoms with Gasteiger partial charge in [-0.3, -0.25) is 4.90 Å². The summed E-state index contributed by atoms with van der Waals surface area (Å²) in [5.41, 5.74) is 1.48.